The van der Waals surface area contributed by atoms with Crippen molar-refractivity contribution in [1.82, 2.24) is 0 Å². The van der Waals surface area contributed by atoms with Crippen LogP contribution in [0.4, 0.5) is 0 Å². The average Bonchev–Trinajstić information content (AvgIpc) is 2.15. The van der Waals surface area contributed by atoms with E-state index < -0.39 is 16.9 Å². The van der Waals surface area contributed by atoms with E-state index in [-0.39, 0.29) is 5.71 Å². The first-order valence-electron chi connectivity index (χ1n) is 4.92. The van der Waals surface area contributed by atoms with E-state index in [0.29, 0.717) is 4.74 Å². The summed E-state index contributed by atoms with van der Waals surface area (Å²) >= 11 is 0. The molecule has 0 atom stereocenters. The Hall–Kier alpha value is -1.57. The molecule has 0 aliphatic heterocycles. The van der Waals surface area contributed by atoms with Crippen LogP contribution >= 0.6 is 0 Å². The van der Waals surface area contributed by atoms with Gasteiger partial charge < -0.3 is 9.94 Å². The molecule has 0 saturated heterocycles. The van der Waals surface area contributed by atoms with Gasteiger partial charge in [-0.15, -0.1) is 0 Å². The van der Waals surface area contributed by atoms with E-state index in [1.165, 1.54) is 21.0 Å². The van der Waals surface area contributed by atoms with Crippen LogP contribution in [0.1, 0.15) is 34.6 Å². The first-order chi connectivity index (χ1) is 7.07. The molecule has 5 nitrogen and oxygen atoms in total. The van der Waals surface area contributed by atoms with Crippen LogP contribution < -0.4 is 0 Å². The van der Waals surface area contributed by atoms with E-state index >= 15 is 0 Å². The van der Waals surface area contributed by atoms with Gasteiger partial charge in [-0.3, -0.25) is 0 Å². The first-order valence-corrected chi connectivity index (χ1v) is 4.92. The Morgan fingerprint density at radius 2 is 1.75 bits per heavy atom. The molecule has 0 fully saturated rings. The minimum Gasteiger partial charge on any atom is -0.623 e. The molecule has 5 heteroatoms. The van der Waals surface area contributed by atoms with Gasteiger partial charge in [0, 0.05) is 20.8 Å². The third kappa shape index (κ3) is 2.96. The quantitative estimate of drug-likeness (QED) is 0.235. The Bertz CT molecular complexity index is 356. The number of ether oxygens (including phenoxy) is 1. The number of hydrogen-bond acceptors (Lipinski definition) is 4. The summed E-state index contributed by atoms with van der Waals surface area (Å²) in [5, 5.41) is 21.0. The van der Waals surface area contributed by atoms with Crippen molar-refractivity contribution in [2.75, 3.05) is 7.11 Å². The summed E-state index contributed by atoms with van der Waals surface area (Å²) in [6, 6.07) is 1.93. The van der Waals surface area contributed by atoms with E-state index in [2.05, 4.69) is 4.74 Å². The first kappa shape index (κ1) is 14.4. The fourth-order valence-corrected chi connectivity index (χ4v) is 1.08. The molecule has 0 aromatic rings. The Morgan fingerprint density at radius 1 is 1.31 bits per heavy atom. The third-order valence-electron chi connectivity index (χ3n) is 2.06. The highest BCUT2D eigenvalue weighted by Crippen LogP contribution is 2.20. The molecule has 0 heterocycles. The Labute approximate surface area is 95.9 Å². The molecule has 0 aromatic heterocycles. The minimum absolute atomic E-state index is 0.176. The highest BCUT2D eigenvalue weighted by atomic mass is 16.5. The molecule has 0 bridgehead atoms. The zero-order valence-corrected chi connectivity index (χ0v) is 10.6. The second kappa shape index (κ2) is 4.52. The molecule has 0 aromatic carbocycles. The van der Waals surface area contributed by atoms with Crippen molar-refractivity contribution in [2.45, 2.75) is 40.2 Å². The van der Waals surface area contributed by atoms with E-state index in [9.17, 15) is 10.0 Å². The van der Waals surface area contributed by atoms with Gasteiger partial charge in [0.2, 0.25) is 0 Å². The van der Waals surface area contributed by atoms with Crippen LogP contribution in [0.3, 0.4) is 0 Å². The van der Waals surface area contributed by atoms with Crippen LogP contribution in [0.2, 0.25) is 0 Å². The van der Waals surface area contributed by atoms with Gasteiger partial charge in [-0.05, 0) is 13.8 Å². The molecule has 0 spiro atoms. The summed E-state index contributed by atoms with van der Waals surface area (Å²) < 4.78 is 5.09. The zero-order chi connectivity index (χ0) is 13.1. The number of hydrogen-bond donors (Lipinski definition) is 0. The molecule has 0 amide bonds. The third-order valence-corrected chi connectivity index (χ3v) is 2.06. The summed E-state index contributed by atoms with van der Waals surface area (Å²) in [6.07, 6.45) is 0. The number of carbonyl (C=O) groups excluding carboxylic acids is 1. The number of nitrogens with zero attached hydrogens (tertiary/aromatic N) is 2. The molecule has 0 unspecified atom stereocenters. The highest BCUT2D eigenvalue weighted by Gasteiger charge is 2.42. The van der Waals surface area contributed by atoms with E-state index in [1.54, 1.807) is 20.8 Å². The van der Waals surface area contributed by atoms with Crippen molar-refractivity contribution in [3.63, 3.8) is 0 Å². The lowest BCUT2D eigenvalue weighted by Gasteiger charge is -2.25. The molecule has 0 rings (SSSR count). The van der Waals surface area contributed by atoms with E-state index in [4.69, 9.17) is 5.26 Å². The van der Waals surface area contributed by atoms with Crippen molar-refractivity contribution in [2.24, 2.45) is 5.41 Å². The zero-order valence-electron chi connectivity index (χ0n) is 10.6. The number of nitriles is 1. The predicted octanol–water partition coefficient (Wildman–Crippen LogP) is 1.46. The highest BCUT2D eigenvalue weighted by molar-refractivity contribution is 6.36. The maximum absolute atomic E-state index is 12.0. The Kier molecular flexibility index (Phi) is 4.07. The van der Waals surface area contributed by atoms with Crippen molar-refractivity contribution in [3.8, 4) is 6.07 Å². The van der Waals surface area contributed by atoms with Gasteiger partial charge in [0.05, 0.1) is 13.2 Å². The van der Waals surface area contributed by atoms with Crippen LogP contribution in [-0.4, -0.2) is 29.1 Å². The van der Waals surface area contributed by atoms with E-state index in [1.807, 2.05) is 6.07 Å². The average molecular weight is 226 g/mol. The van der Waals surface area contributed by atoms with Crippen LogP contribution in [0, 0.1) is 22.0 Å². The number of hydroxylamine groups is 1. The molecule has 0 N–H and O–H groups in total. The Morgan fingerprint density at radius 3 is 2.00 bits per heavy atom. The molecular formula is C11H18N2O3. The summed E-state index contributed by atoms with van der Waals surface area (Å²) in [6.45, 7) is 8.01. The lowest BCUT2D eigenvalue weighted by atomic mass is 9.88. The second-order valence-electron chi connectivity index (χ2n) is 5.04. The lowest BCUT2D eigenvalue weighted by molar-refractivity contribution is -0.537. The normalized spacial score (nSPS) is 13.8. The van der Waals surface area contributed by atoms with Crippen molar-refractivity contribution >= 4 is 11.7 Å². The standard InChI is InChI=1S/C11H18N2O3/c1-10(2,3)13(15)8(9(14)16-6)11(4,5)7-12/h1-6H3. The van der Waals surface area contributed by atoms with Gasteiger partial charge in [0.25, 0.3) is 5.71 Å². The summed E-state index contributed by atoms with van der Waals surface area (Å²) in [7, 11) is 1.19. The predicted molar refractivity (Wildman–Crippen MR) is 59.8 cm³/mol. The van der Waals surface area contributed by atoms with Crippen molar-refractivity contribution in [3.05, 3.63) is 5.21 Å². The molecule has 0 aliphatic rings. The van der Waals surface area contributed by atoms with Gasteiger partial charge in [0.1, 0.15) is 5.41 Å². The maximum atomic E-state index is 12.0. The van der Waals surface area contributed by atoms with Crippen LogP contribution in [0.15, 0.2) is 0 Å². The van der Waals surface area contributed by atoms with Crippen molar-refractivity contribution < 1.29 is 14.3 Å². The van der Waals surface area contributed by atoms with Gasteiger partial charge >= 0.3 is 5.97 Å². The fraction of sp³-hybridized carbons (Fsp3) is 0.727. The summed E-state index contributed by atoms with van der Waals surface area (Å²) in [5.41, 5.74) is -2.15. The number of rotatable bonds is 2. The van der Waals surface area contributed by atoms with Crippen LogP contribution in [-0.2, 0) is 9.53 Å². The summed E-state index contributed by atoms with van der Waals surface area (Å²) in [5.74, 6) is -0.767. The molecule has 0 aliphatic carbocycles. The van der Waals surface area contributed by atoms with Gasteiger partial charge in [-0.2, -0.15) is 10.0 Å². The number of esters is 1. The number of carbonyl (C=O) groups is 1. The van der Waals surface area contributed by atoms with Crippen molar-refractivity contribution in [1.29, 1.82) is 5.26 Å². The molecule has 0 saturated carbocycles. The second-order valence-corrected chi connectivity index (χ2v) is 5.04. The fourth-order valence-electron chi connectivity index (χ4n) is 1.08. The van der Waals surface area contributed by atoms with Gasteiger partial charge in [-0.25, -0.2) is 4.79 Å². The largest absolute Gasteiger partial charge is 0.623 e. The minimum atomic E-state index is -1.18. The lowest BCUT2D eigenvalue weighted by Crippen LogP contribution is -2.44. The van der Waals surface area contributed by atoms with Crippen LogP contribution in [0.5, 0.6) is 0 Å². The molecule has 90 valence electrons. The SMILES string of the molecule is COC(=O)C(=[N+]([O-])C(C)(C)C)C(C)(C)C#N. The van der Waals surface area contributed by atoms with Gasteiger partial charge in [0.15, 0.2) is 5.54 Å². The molecular weight excluding hydrogens is 208 g/mol. The smallest absolute Gasteiger partial charge is 0.401 e. The maximum Gasteiger partial charge on any atom is 0.401 e. The number of methoxy groups -OCH3 is 1. The Balaban J connectivity index is 5.82. The van der Waals surface area contributed by atoms with Crippen LogP contribution in [0.25, 0.3) is 0 Å². The topological polar surface area (TPSA) is 76.2 Å². The van der Waals surface area contributed by atoms with E-state index in [0.717, 1.165) is 0 Å². The molecule has 0 radical (unpaired) electrons. The summed E-state index contributed by atoms with van der Waals surface area (Å²) in [4.78, 5) is 11.6. The molecule has 16 heavy (non-hydrogen) atoms. The monoisotopic (exact) mass is 226 g/mol. The van der Waals surface area contributed by atoms with Gasteiger partial charge in [-0.1, -0.05) is 0 Å².